The summed E-state index contributed by atoms with van der Waals surface area (Å²) in [6.07, 6.45) is 0. The second kappa shape index (κ2) is 5.81. The number of amides is 1. The van der Waals surface area contributed by atoms with Crippen molar-refractivity contribution in [1.82, 2.24) is 10.5 Å². The van der Waals surface area contributed by atoms with Gasteiger partial charge in [-0.1, -0.05) is 19.0 Å². The lowest BCUT2D eigenvalue weighted by molar-refractivity contribution is 0.0940. The molecule has 0 radical (unpaired) electrons. The Balaban J connectivity index is 2.16. The van der Waals surface area contributed by atoms with Crippen LogP contribution in [0.4, 0.5) is 8.78 Å². The third-order valence-electron chi connectivity index (χ3n) is 2.62. The molecule has 0 unspecified atom stereocenters. The molecule has 2 aromatic rings. The zero-order valence-electron chi connectivity index (χ0n) is 11.1. The Kier molecular flexibility index (Phi) is 4.12. The summed E-state index contributed by atoms with van der Waals surface area (Å²) in [6, 6.07) is 4.73. The lowest BCUT2D eigenvalue weighted by Crippen LogP contribution is -2.27. The number of aromatic nitrogens is 1. The van der Waals surface area contributed by atoms with Gasteiger partial charge in [0, 0.05) is 18.2 Å². The fourth-order valence-corrected chi connectivity index (χ4v) is 1.56. The smallest absolute Gasteiger partial charge is 0.273 e. The average molecular weight is 280 g/mol. The molecule has 0 bridgehead atoms. The SMILES string of the molecule is CC(C)CNC(=O)c1cc(-c2ccc(F)c(F)c2)on1. The third-order valence-corrected chi connectivity index (χ3v) is 2.62. The summed E-state index contributed by atoms with van der Waals surface area (Å²) in [5, 5.41) is 6.31. The zero-order chi connectivity index (χ0) is 14.7. The fraction of sp³-hybridized carbons (Fsp3) is 0.286. The minimum Gasteiger partial charge on any atom is -0.355 e. The van der Waals surface area contributed by atoms with E-state index in [2.05, 4.69) is 10.5 Å². The van der Waals surface area contributed by atoms with Gasteiger partial charge in [-0.15, -0.1) is 0 Å². The second-order valence-electron chi connectivity index (χ2n) is 4.81. The highest BCUT2D eigenvalue weighted by atomic mass is 19.2. The average Bonchev–Trinajstić information content (AvgIpc) is 2.89. The predicted molar refractivity (Wildman–Crippen MR) is 69.0 cm³/mol. The van der Waals surface area contributed by atoms with Crippen LogP contribution in [-0.4, -0.2) is 17.6 Å². The maximum absolute atomic E-state index is 13.1. The highest BCUT2D eigenvalue weighted by molar-refractivity contribution is 5.93. The molecule has 0 aliphatic carbocycles. The van der Waals surface area contributed by atoms with Crippen LogP contribution in [-0.2, 0) is 0 Å². The Hall–Kier alpha value is -2.24. The van der Waals surface area contributed by atoms with E-state index in [-0.39, 0.29) is 17.4 Å². The molecule has 1 heterocycles. The minimum atomic E-state index is -0.982. The highest BCUT2D eigenvalue weighted by Gasteiger charge is 2.14. The molecular weight excluding hydrogens is 266 g/mol. The number of nitrogens with one attached hydrogen (secondary N) is 1. The molecule has 6 heteroatoms. The van der Waals surface area contributed by atoms with Crippen molar-refractivity contribution in [2.24, 2.45) is 5.92 Å². The molecular formula is C14H14F2N2O2. The maximum Gasteiger partial charge on any atom is 0.273 e. The summed E-state index contributed by atoms with van der Waals surface area (Å²) in [5.74, 6) is -1.76. The molecule has 1 aromatic heterocycles. The molecule has 2 rings (SSSR count). The number of hydrogen-bond acceptors (Lipinski definition) is 3. The quantitative estimate of drug-likeness (QED) is 0.936. The number of nitrogens with zero attached hydrogens (tertiary/aromatic N) is 1. The van der Waals surface area contributed by atoms with Crippen LogP contribution in [0, 0.1) is 17.6 Å². The van der Waals surface area contributed by atoms with E-state index in [1.165, 1.54) is 12.1 Å². The van der Waals surface area contributed by atoms with Crippen LogP contribution in [0.1, 0.15) is 24.3 Å². The highest BCUT2D eigenvalue weighted by Crippen LogP contribution is 2.22. The maximum atomic E-state index is 13.1. The normalized spacial score (nSPS) is 10.8. The molecule has 106 valence electrons. The van der Waals surface area contributed by atoms with Gasteiger partial charge < -0.3 is 9.84 Å². The number of rotatable bonds is 4. The Bertz CT molecular complexity index is 623. The van der Waals surface area contributed by atoms with Gasteiger partial charge in [0.2, 0.25) is 0 Å². The van der Waals surface area contributed by atoms with Crippen LogP contribution >= 0.6 is 0 Å². The van der Waals surface area contributed by atoms with Crippen LogP contribution in [0.2, 0.25) is 0 Å². The van der Waals surface area contributed by atoms with E-state index in [4.69, 9.17) is 4.52 Å². The molecule has 0 saturated heterocycles. The van der Waals surface area contributed by atoms with Gasteiger partial charge in [0.05, 0.1) is 0 Å². The van der Waals surface area contributed by atoms with Gasteiger partial charge in [-0.05, 0) is 24.1 Å². The summed E-state index contributed by atoms with van der Waals surface area (Å²) < 4.78 is 30.9. The number of hydrogen-bond donors (Lipinski definition) is 1. The monoisotopic (exact) mass is 280 g/mol. The van der Waals surface area contributed by atoms with E-state index in [0.717, 1.165) is 12.1 Å². The van der Waals surface area contributed by atoms with Crippen LogP contribution in [0.3, 0.4) is 0 Å². The number of halogens is 2. The fourth-order valence-electron chi connectivity index (χ4n) is 1.56. The minimum absolute atomic E-state index is 0.102. The third kappa shape index (κ3) is 3.20. The molecule has 20 heavy (non-hydrogen) atoms. The Morgan fingerprint density at radius 1 is 1.30 bits per heavy atom. The molecule has 1 amide bonds. The molecule has 1 aromatic carbocycles. The first-order chi connectivity index (χ1) is 9.47. The summed E-state index contributed by atoms with van der Waals surface area (Å²) in [7, 11) is 0. The molecule has 0 atom stereocenters. The van der Waals surface area contributed by atoms with Gasteiger partial charge in [0.1, 0.15) is 0 Å². The summed E-state index contributed by atoms with van der Waals surface area (Å²) in [6.45, 7) is 4.46. The molecule has 0 spiro atoms. The van der Waals surface area contributed by atoms with Crippen LogP contribution in [0.5, 0.6) is 0 Å². The Morgan fingerprint density at radius 2 is 2.05 bits per heavy atom. The largest absolute Gasteiger partial charge is 0.355 e. The lowest BCUT2D eigenvalue weighted by Gasteiger charge is -2.04. The summed E-state index contributed by atoms with van der Waals surface area (Å²) in [4.78, 5) is 11.7. The van der Waals surface area contributed by atoms with E-state index in [1.807, 2.05) is 13.8 Å². The Labute approximate surface area is 114 Å². The summed E-state index contributed by atoms with van der Waals surface area (Å²) >= 11 is 0. The molecule has 4 nitrogen and oxygen atoms in total. The van der Waals surface area contributed by atoms with Gasteiger partial charge in [-0.3, -0.25) is 4.79 Å². The number of carbonyl (C=O) groups is 1. The van der Waals surface area contributed by atoms with Crippen molar-refractivity contribution in [2.75, 3.05) is 6.54 Å². The van der Waals surface area contributed by atoms with Crippen molar-refractivity contribution in [1.29, 1.82) is 0 Å². The first-order valence-electron chi connectivity index (χ1n) is 6.17. The van der Waals surface area contributed by atoms with Crippen LogP contribution < -0.4 is 5.32 Å². The van der Waals surface area contributed by atoms with Crippen molar-refractivity contribution in [3.63, 3.8) is 0 Å². The van der Waals surface area contributed by atoms with Gasteiger partial charge in [-0.25, -0.2) is 8.78 Å². The number of carbonyl (C=O) groups excluding carboxylic acids is 1. The van der Waals surface area contributed by atoms with Crippen molar-refractivity contribution in [3.05, 3.63) is 41.6 Å². The first-order valence-corrected chi connectivity index (χ1v) is 6.17. The van der Waals surface area contributed by atoms with Gasteiger partial charge in [0.25, 0.3) is 5.91 Å². The van der Waals surface area contributed by atoms with Crippen LogP contribution in [0.25, 0.3) is 11.3 Å². The van der Waals surface area contributed by atoms with Crippen molar-refractivity contribution >= 4 is 5.91 Å². The van der Waals surface area contributed by atoms with E-state index in [9.17, 15) is 13.6 Å². The predicted octanol–water partition coefficient (Wildman–Crippen LogP) is 3.01. The standard InChI is InChI=1S/C14H14F2N2O2/c1-8(2)7-17-14(19)12-6-13(20-18-12)9-3-4-10(15)11(16)5-9/h3-6,8H,7H2,1-2H3,(H,17,19). The molecule has 0 saturated carbocycles. The van der Waals surface area contributed by atoms with Gasteiger partial charge >= 0.3 is 0 Å². The van der Waals surface area contributed by atoms with Gasteiger partial charge in [0.15, 0.2) is 23.1 Å². The topological polar surface area (TPSA) is 55.1 Å². The van der Waals surface area contributed by atoms with Crippen molar-refractivity contribution in [2.45, 2.75) is 13.8 Å². The van der Waals surface area contributed by atoms with E-state index in [1.54, 1.807) is 0 Å². The summed E-state index contributed by atoms with van der Waals surface area (Å²) in [5.41, 5.74) is 0.421. The molecule has 0 fully saturated rings. The lowest BCUT2D eigenvalue weighted by atomic mass is 10.1. The van der Waals surface area contributed by atoms with Crippen molar-refractivity contribution in [3.8, 4) is 11.3 Å². The van der Waals surface area contributed by atoms with E-state index in [0.29, 0.717) is 18.0 Å². The molecule has 1 N–H and O–H groups in total. The van der Waals surface area contributed by atoms with E-state index >= 15 is 0 Å². The van der Waals surface area contributed by atoms with E-state index < -0.39 is 11.6 Å². The Morgan fingerprint density at radius 3 is 2.70 bits per heavy atom. The molecule has 0 aliphatic heterocycles. The van der Waals surface area contributed by atoms with Crippen LogP contribution in [0.15, 0.2) is 28.8 Å². The second-order valence-corrected chi connectivity index (χ2v) is 4.81. The number of benzene rings is 1. The first kappa shape index (κ1) is 14.2. The zero-order valence-corrected chi connectivity index (χ0v) is 11.1. The van der Waals surface area contributed by atoms with Crippen molar-refractivity contribution < 1.29 is 18.1 Å². The van der Waals surface area contributed by atoms with Gasteiger partial charge in [-0.2, -0.15) is 0 Å². The molecule has 0 aliphatic rings.